The number of hydrogen-bond acceptors (Lipinski definition) is 2. The number of aromatic amines is 1. The standard InChI is InChI=1S/C22H19ClN2O2S/c23-19-11-10-18(21-14-17-8-4-5-9-20(17)25-21)15-22(19)28(26,27)24-13-12-16-6-2-1-3-7-16/h1-11,14-15,24-25H,12-13H2. The molecule has 1 heterocycles. The van der Waals surface area contributed by atoms with Crippen LogP contribution in [0, 0.1) is 0 Å². The molecule has 0 atom stereocenters. The molecule has 0 radical (unpaired) electrons. The third-order valence-electron chi connectivity index (χ3n) is 4.61. The van der Waals surface area contributed by atoms with Crippen molar-refractivity contribution < 1.29 is 8.42 Å². The summed E-state index contributed by atoms with van der Waals surface area (Å²) in [4.78, 5) is 3.40. The Labute approximate surface area is 169 Å². The van der Waals surface area contributed by atoms with Gasteiger partial charge >= 0.3 is 0 Å². The van der Waals surface area contributed by atoms with Crippen LogP contribution in [0.3, 0.4) is 0 Å². The van der Waals surface area contributed by atoms with E-state index in [1.807, 2.05) is 66.7 Å². The van der Waals surface area contributed by atoms with Crippen LogP contribution in [0.5, 0.6) is 0 Å². The molecule has 0 fully saturated rings. The van der Waals surface area contributed by atoms with Gasteiger partial charge in [-0.25, -0.2) is 13.1 Å². The predicted molar refractivity (Wildman–Crippen MR) is 114 cm³/mol. The first-order chi connectivity index (χ1) is 13.5. The zero-order valence-corrected chi connectivity index (χ0v) is 16.6. The Bertz CT molecular complexity index is 1180. The number of rotatable bonds is 6. The lowest BCUT2D eigenvalue weighted by molar-refractivity contribution is 0.581. The van der Waals surface area contributed by atoms with E-state index in [9.17, 15) is 8.42 Å². The number of benzene rings is 3. The Hall–Kier alpha value is -2.60. The molecule has 0 saturated carbocycles. The van der Waals surface area contributed by atoms with Crippen molar-refractivity contribution in [1.82, 2.24) is 9.71 Å². The molecule has 4 rings (SSSR count). The van der Waals surface area contributed by atoms with E-state index in [0.717, 1.165) is 27.7 Å². The number of aromatic nitrogens is 1. The summed E-state index contributed by atoms with van der Waals surface area (Å²) in [6.07, 6.45) is 0.611. The van der Waals surface area contributed by atoms with Gasteiger partial charge in [0, 0.05) is 23.1 Å². The largest absolute Gasteiger partial charge is 0.355 e. The van der Waals surface area contributed by atoms with Gasteiger partial charge < -0.3 is 4.98 Å². The highest BCUT2D eigenvalue weighted by Crippen LogP contribution is 2.29. The van der Waals surface area contributed by atoms with Gasteiger partial charge in [0.25, 0.3) is 0 Å². The fourth-order valence-corrected chi connectivity index (χ4v) is 4.71. The Kier molecular flexibility index (Phi) is 5.22. The lowest BCUT2D eigenvalue weighted by Gasteiger charge is -2.10. The normalized spacial score (nSPS) is 11.8. The Morgan fingerprint density at radius 2 is 1.64 bits per heavy atom. The minimum Gasteiger partial charge on any atom is -0.355 e. The van der Waals surface area contributed by atoms with Crippen LogP contribution in [0.4, 0.5) is 0 Å². The van der Waals surface area contributed by atoms with Crippen LogP contribution in [0.15, 0.2) is 83.8 Å². The van der Waals surface area contributed by atoms with Gasteiger partial charge in [0.2, 0.25) is 10.0 Å². The van der Waals surface area contributed by atoms with Crippen molar-refractivity contribution in [2.75, 3.05) is 6.54 Å². The van der Waals surface area contributed by atoms with Crippen molar-refractivity contribution in [3.63, 3.8) is 0 Å². The summed E-state index contributed by atoms with van der Waals surface area (Å²) < 4.78 is 28.2. The fourth-order valence-electron chi connectivity index (χ4n) is 3.16. The fraction of sp³-hybridized carbons (Fsp3) is 0.0909. The maximum Gasteiger partial charge on any atom is 0.242 e. The minimum absolute atomic E-state index is 0.0818. The van der Waals surface area contributed by atoms with Crippen molar-refractivity contribution in [3.8, 4) is 11.3 Å². The van der Waals surface area contributed by atoms with Crippen LogP contribution < -0.4 is 4.72 Å². The van der Waals surface area contributed by atoms with Crippen LogP contribution in [-0.2, 0) is 16.4 Å². The van der Waals surface area contributed by atoms with Gasteiger partial charge in [0.1, 0.15) is 4.90 Å². The molecule has 142 valence electrons. The third-order valence-corrected chi connectivity index (χ3v) is 6.55. The highest BCUT2D eigenvalue weighted by atomic mass is 35.5. The first-order valence-corrected chi connectivity index (χ1v) is 10.8. The average molecular weight is 411 g/mol. The Morgan fingerprint density at radius 3 is 2.43 bits per heavy atom. The predicted octanol–water partition coefficient (Wildman–Crippen LogP) is 5.01. The van der Waals surface area contributed by atoms with Crippen molar-refractivity contribution >= 4 is 32.5 Å². The molecule has 0 amide bonds. The van der Waals surface area contributed by atoms with Crippen molar-refractivity contribution in [3.05, 3.63) is 89.4 Å². The molecule has 0 bridgehead atoms. The summed E-state index contributed by atoms with van der Waals surface area (Å²) in [5.41, 5.74) is 3.68. The third kappa shape index (κ3) is 3.97. The quantitative estimate of drug-likeness (QED) is 0.469. The van der Waals surface area contributed by atoms with E-state index >= 15 is 0 Å². The molecule has 0 saturated heterocycles. The van der Waals surface area contributed by atoms with E-state index in [1.165, 1.54) is 0 Å². The van der Waals surface area contributed by atoms with E-state index < -0.39 is 10.0 Å². The molecule has 4 aromatic rings. The lowest BCUT2D eigenvalue weighted by Crippen LogP contribution is -2.26. The van der Waals surface area contributed by atoms with Gasteiger partial charge in [-0.1, -0.05) is 66.2 Å². The van der Waals surface area contributed by atoms with Gasteiger partial charge in [-0.2, -0.15) is 0 Å². The topological polar surface area (TPSA) is 62.0 Å². The molecule has 0 spiro atoms. The smallest absolute Gasteiger partial charge is 0.242 e. The second-order valence-corrected chi connectivity index (χ2v) is 8.69. The number of halogens is 1. The van der Waals surface area contributed by atoms with Crippen molar-refractivity contribution in [2.45, 2.75) is 11.3 Å². The highest BCUT2D eigenvalue weighted by Gasteiger charge is 2.19. The zero-order chi connectivity index (χ0) is 19.6. The molecular formula is C22H19ClN2O2S. The molecule has 3 aromatic carbocycles. The number of para-hydroxylation sites is 1. The molecule has 0 aliphatic heterocycles. The number of hydrogen-bond donors (Lipinski definition) is 2. The maximum atomic E-state index is 12.8. The van der Waals surface area contributed by atoms with Crippen LogP contribution in [0.2, 0.25) is 5.02 Å². The molecule has 0 unspecified atom stereocenters. The Morgan fingerprint density at radius 1 is 0.893 bits per heavy atom. The monoisotopic (exact) mass is 410 g/mol. The molecular weight excluding hydrogens is 392 g/mol. The molecule has 2 N–H and O–H groups in total. The minimum atomic E-state index is -3.72. The highest BCUT2D eigenvalue weighted by molar-refractivity contribution is 7.89. The second kappa shape index (κ2) is 7.80. The summed E-state index contributed by atoms with van der Waals surface area (Å²) in [6.45, 7) is 0.305. The molecule has 4 nitrogen and oxygen atoms in total. The first kappa shape index (κ1) is 18.7. The molecule has 28 heavy (non-hydrogen) atoms. The van der Waals surface area contributed by atoms with Gasteiger partial charge in [-0.3, -0.25) is 0 Å². The van der Waals surface area contributed by atoms with Gasteiger partial charge in [0.15, 0.2) is 0 Å². The zero-order valence-electron chi connectivity index (χ0n) is 15.0. The van der Waals surface area contributed by atoms with E-state index in [2.05, 4.69) is 9.71 Å². The molecule has 0 aliphatic rings. The van der Waals surface area contributed by atoms with E-state index in [-0.39, 0.29) is 9.92 Å². The van der Waals surface area contributed by atoms with E-state index in [0.29, 0.717) is 13.0 Å². The van der Waals surface area contributed by atoms with Gasteiger partial charge in [0.05, 0.1) is 5.02 Å². The summed E-state index contributed by atoms with van der Waals surface area (Å²) in [5.74, 6) is 0. The Balaban J connectivity index is 1.59. The molecule has 1 aromatic heterocycles. The van der Waals surface area contributed by atoms with Gasteiger partial charge in [-0.05, 0) is 41.8 Å². The number of H-pyrrole nitrogens is 1. The molecule has 6 heteroatoms. The first-order valence-electron chi connectivity index (χ1n) is 8.94. The number of nitrogens with one attached hydrogen (secondary N) is 2. The van der Waals surface area contributed by atoms with Gasteiger partial charge in [-0.15, -0.1) is 0 Å². The van der Waals surface area contributed by atoms with Crippen molar-refractivity contribution in [2.24, 2.45) is 0 Å². The summed E-state index contributed by atoms with van der Waals surface area (Å²) in [7, 11) is -3.72. The lowest BCUT2D eigenvalue weighted by atomic mass is 10.1. The van der Waals surface area contributed by atoms with E-state index in [4.69, 9.17) is 11.6 Å². The second-order valence-electron chi connectivity index (χ2n) is 6.55. The summed E-state index contributed by atoms with van der Waals surface area (Å²) in [5, 5.41) is 1.27. The van der Waals surface area contributed by atoms with Crippen molar-refractivity contribution in [1.29, 1.82) is 0 Å². The number of fused-ring (bicyclic) bond motifs is 1. The van der Waals surface area contributed by atoms with Crippen LogP contribution >= 0.6 is 11.6 Å². The number of sulfonamides is 1. The average Bonchev–Trinajstić information content (AvgIpc) is 3.13. The van der Waals surface area contributed by atoms with Crippen LogP contribution in [-0.4, -0.2) is 19.9 Å². The van der Waals surface area contributed by atoms with E-state index in [1.54, 1.807) is 12.1 Å². The summed E-state index contributed by atoms with van der Waals surface area (Å²) in [6, 6.07) is 24.7. The maximum absolute atomic E-state index is 12.8. The van der Waals surface area contributed by atoms with Crippen LogP contribution in [0.25, 0.3) is 22.2 Å². The van der Waals surface area contributed by atoms with Crippen LogP contribution in [0.1, 0.15) is 5.56 Å². The SMILES string of the molecule is O=S(=O)(NCCc1ccccc1)c1cc(-c2cc3ccccc3[nH]2)ccc1Cl. The molecule has 0 aliphatic carbocycles. The summed E-state index contributed by atoms with van der Waals surface area (Å²) >= 11 is 6.21.